The summed E-state index contributed by atoms with van der Waals surface area (Å²) in [6, 6.07) is 11.1. The lowest BCUT2D eigenvalue weighted by Gasteiger charge is -2.22. The van der Waals surface area contributed by atoms with E-state index < -0.39 is 0 Å². The normalized spacial score (nSPS) is 11.3. The number of aryl methyl sites for hydroxylation is 1. The van der Waals surface area contributed by atoms with Crippen LogP contribution in [0.15, 0.2) is 36.4 Å². The quantitative estimate of drug-likeness (QED) is 0.480. The Bertz CT molecular complexity index is 870. The minimum Gasteiger partial charge on any atom is -0.493 e. The van der Waals surface area contributed by atoms with Gasteiger partial charge in [0.1, 0.15) is 0 Å². The van der Waals surface area contributed by atoms with Crippen molar-refractivity contribution in [1.29, 1.82) is 0 Å². The zero-order valence-electron chi connectivity index (χ0n) is 17.5. The van der Waals surface area contributed by atoms with Crippen LogP contribution in [0.3, 0.4) is 0 Å². The molecule has 0 bridgehead atoms. The van der Waals surface area contributed by atoms with Gasteiger partial charge in [0.05, 0.1) is 32.4 Å². The van der Waals surface area contributed by atoms with Crippen LogP contribution < -0.4 is 20.1 Å². The third-order valence-corrected chi connectivity index (χ3v) is 4.74. The molecule has 0 amide bonds. The lowest BCUT2D eigenvalue weighted by molar-refractivity contribution is 0.0526. The highest BCUT2D eigenvalue weighted by Gasteiger charge is 2.15. The van der Waals surface area contributed by atoms with Crippen LogP contribution in [0.25, 0.3) is 0 Å². The fourth-order valence-corrected chi connectivity index (χ4v) is 3.16. The summed E-state index contributed by atoms with van der Waals surface area (Å²) in [6.45, 7) is 6.14. The number of anilines is 1. The fraction of sp³-hybridized carbons (Fsp3) is 0.364. The number of carbonyl (C=O) groups excluding carboxylic acids is 1. The minimum atomic E-state index is -0.355. The topological polar surface area (TPSA) is 68.8 Å². The molecule has 0 aromatic heterocycles. The molecule has 7 heteroatoms. The zero-order valence-corrected chi connectivity index (χ0v) is 18.3. The smallest absolute Gasteiger partial charge is 0.338 e. The summed E-state index contributed by atoms with van der Waals surface area (Å²) in [4.78, 5) is 12.0. The van der Waals surface area contributed by atoms with Gasteiger partial charge in [0.2, 0.25) is 0 Å². The van der Waals surface area contributed by atoms with E-state index in [9.17, 15) is 4.79 Å². The van der Waals surface area contributed by atoms with Crippen molar-refractivity contribution in [3.8, 4) is 11.5 Å². The van der Waals surface area contributed by atoms with E-state index >= 15 is 0 Å². The van der Waals surface area contributed by atoms with Crippen LogP contribution in [0.1, 0.15) is 47.8 Å². The van der Waals surface area contributed by atoms with E-state index in [1.54, 1.807) is 33.3 Å². The molecule has 2 aromatic rings. The van der Waals surface area contributed by atoms with Gasteiger partial charge in [-0.05, 0) is 67.9 Å². The van der Waals surface area contributed by atoms with E-state index in [4.69, 9.17) is 26.4 Å². The van der Waals surface area contributed by atoms with Gasteiger partial charge in [0.15, 0.2) is 16.6 Å². The molecule has 6 nitrogen and oxygen atoms in total. The van der Waals surface area contributed by atoms with Crippen molar-refractivity contribution >= 4 is 29.0 Å². The van der Waals surface area contributed by atoms with E-state index in [2.05, 4.69) is 17.6 Å². The summed E-state index contributed by atoms with van der Waals surface area (Å²) < 4.78 is 15.8. The molecule has 0 aliphatic heterocycles. The van der Waals surface area contributed by atoms with Crippen LogP contribution in [0.4, 0.5) is 5.69 Å². The standard InChI is InChI=1S/C22H28N2O4S/c1-6-17(15-10-11-19(26-4)20(13-15)27-5)23-22(29)24-18-12-16(9-8-14(18)3)21(25)28-7-2/h8-13,17H,6-7H2,1-5H3,(H2,23,24,29)/t17-/m0/s1. The number of thiocarbonyl (C=S) groups is 1. The summed E-state index contributed by atoms with van der Waals surface area (Å²) >= 11 is 5.51. The second-order valence-corrected chi connectivity index (χ2v) is 6.83. The number of rotatable bonds is 8. The second-order valence-electron chi connectivity index (χ2n) is 6.42. The largest absolute Gasteiger partial charge is 0.493 e. The van der Waals surface area contributed by atoms with Gasteiger partial charge >= 0.3 is 5.97 Å². The van der Waals surface area contributed by atoms with Gasteiger partial charge in [0.25, 0.3) is 0 Å². The molecule has 0 spiro atoms. The molecular weight excluding hydrogens is 388 g/mol. The SMILES string of the molecule is CCOC(=O)c1ccc(C)c(NC(=S)N[C@@H](CC)c2ccc(OC)c(OC)c2)c1. The number of ether oxygens (including phenoxy) is 3. The molecule has 0 aliphatic carbocycles. The number of methoxy groups -OCH3 is 2. The van der Waals surface area contributed by atoms with Crippen LogP contribution in [-0.2, 0) is 4.74 Å². The van der Waals surface area contributed by atoms with Gasteiger partial charge in [-0.3, -0.25) is 0 Å². The van der Waals surface area contributed by atoms with Crippen LogP contribution in [0.2, 0.25) is 0 Å². The molecular formula is C22H28N2O4S. The van der Waals surface area contributed by atoms with Crippen LogP contribution in [0.5, 0.6) is 11.5 Å². The minimum absolute atomic E-state index is 0.0108. The Morgan fingerprint density at radius 2 is 1.79 bits per heavy atom. The molecule has 0 heterocycles. The summed E-state index contributed by atoms with van der Waals surface area (Å²) in [5, 5.41) is 6.99. The highest BCUT2D eigenvalue weighted by atomic mass is 32.1. The maximum Gasteiger partial charge on any atom is 0.338 e. The van der Waals surface area contributed by atoms with Crippen molar-refractivity contribution < 1.29 is 19.0 Å². The number of carbonyl (C=O) groups is 1. The number of benzene rings is 2. The summed E-state index contributed by atoms with van der Waals surface area (Å²) in [7, 11) is 3.22. The lowest BCUT2D eigenvalue weighted by atomic mass is 10.0. The Balaban J connectivity index is 2.15. The van der Waals surface area contributed by atoms with Gasteiger partial charge in [-0.25, -0.2) is 4.79 Å². The molecule has 2 rings (SSSR count). The van der Waals surface area contributed by atoms with E-state index in [1.807, 2.05) is 31.2 Å². The Morgan fingerprint density at radius 3 is 2.41 bits per heavy atom. The van der Waals surface area contributed by atoms with Gasteiger partial charge in [-0.2, -0.15) is 0 Å². The second kappa shape index (κ2) is 10.7. The van der Waals surface area contributed by atoms with E-state index in [0.29, 0.717) is 28.8 Å². The van der Waals surface area contributed by atoms with Gasteiger partial charge in [-0.1, -0.05) is 19.1 Å². The first-order valence-corrected chi connectivity index (χ1v) is 9.91. The first-order chi connectivity index (χ1) is 13.9. The molecule has 0 saturated carbocycles. The first-order valence-electron chi connectivity index (χ1n) is 9.50. The number of nitrogens with one attached hydrogen (secondary N) is 2. The Kier molecular flexibility index (Phi) is 8.27. The molecule has 0 saturated heterocycles. The maximum atomic E-state index is 12.0. The van der Waals surface area contributed by atoms with Gasteiger partial charge in [-0.15, -0.1) is 0 Å². The Hall–Kier alpha value is -2.80. The van der Waals surface area contributed by atoms with E-state index in [1.165, 1.54) is 0 Å². The Morgan fingerprint density at radius 1 is 1.07 bits per heavy atom. The average molecular weight is 417 g/mol. The molecule has 0 aliphatic rings. The number of esters is 1. The van der Waals surface area contributed by atoms with Crippen molar-refractivity contribution in [3.05, 3.63) is 53.1 Å². The first kappa shape index (κ1) is 22.5. The van der Waals surface area contributed by atoms with E-state index in [-0.39, 0.29) is 12.0 Å². The monoisotopic (exact) mass is 416 g/mol. The van der Waals surface area contributed by atoms with Crippen LogP contribution >= 0.6 is 12.2 Å². The predicted octanol–water partition coefficient (Wildman–Crippen LogP) is 4.63. The fourth-order valence-electron chi connectivity index (χ4n) is 2.91. The number of hydrogen-bond acceptors (Lipinski definition) is 5. The van der Waals surface area contributed by atoms with Crippen molar-refractivity contribution in [1.82, 2.24) is 5.32 Å². The van der Waals surface area contributed by atoms with Gasteiger partial charge < -0.3 is 24.8 Å². The highest BCUT2D eigenvalue weighted by Crippen LogP contribution is 2.31. The number of hydrogen-bond donors (Lipinski definition) is 2. The lowest BCUT2D eigenvalue weighted by Crippen LogP contribution is -2.32. The van der Waals surface area contributed by atoms with E-state index in [0.717, 1.165) is 23.2 Å². The molecule has 156 valence electrons. The van der Waals surface area contributed by atoms with Crippen molar-refractivity contribution in [2.75, 3.05) is 26.1 Å². The third kappa shape index (κ3) is 5.84. The van der Waals surface area contributed by atoms with Gasteiger partial charge in [0, 0.05) is 5.69 Å². The summed E-state index contributed by atoms with van der Waals surface area (Å²) in [5.74, 6) is 0.992. The molecule has 2 aromatic carbocycles. The molecule has 29 heavy (non-hydrogen) atoms. The van der Waals surface area contributed by atoms with Crippen LogP contribution in [-0.4, -0.2) is 31.9 Å². The predicted molar refractivity (Wildman–Crippen MR) is 119 cm³/mol. The Labute approximate surface area is 177 Å². The average Bonchev–Trinajstić information content (AvgIpc) is 2.73. The molecule has 0 radical (unpaired) electrons. The molecule has 0 fully saturated rings. The van der Waals surface area contributed by atoms with Crippen molar-refractivity contribution in [3.63, 3.8) is 0 Å². The molecule has 1 atom stereocenters. The maximum absolute atomic E-state index is 12.0. The highest BCUT2D eigenvalue weighted by molar-refractivity contribution is 7.80. The zero-order chi connectivity index (χ0) is 21.4. The van der Waals surface area contributed by atoms with Crippen LogP contribution in [0, 0.1) is 6.92 Å². The third-order valence-electron chi connectivity index (χ3n) is 4.52. The summed E-state index contributed by atoms with van der Waals surface area (Å²) in [6.07, 6.45) is 0.819. The molecule has 0 unspecified atom stereocenters. The van der Waals surface area contributed by atoms with Crippen molar-refractivity contribution in [2.24, 2.45) is 0 Å². The molecule has 2 N–H and O–H groups in total. The summed E-state index contributed by atoms with van der Waals surface area (Å²) in [5.41, 5.74) is 3.25. The van der Waals surface area contributed by atoms with Crippen molar-refractivity contribution in [2.45, 2.75) is 33.2 Å².